The zero-order chi connectivity index (χ0) is 20.0. The van der Waals surface area contributed by atoms with Gasteiger partial charge in [-0.1, -0.05) is 25.1 Å². The summed E-state index contributed by atoms with van der Waals surface area (Å²) in [5.41, 5.74) is 1.12. The van der Waals surface area contributed by atoms with Crippen molar-refractivity contribution in [1.82, 2.24) is 16.0 Å². The van der Waals surface area contributed by atoms with Gasteiger partial charge >= 0.3 is 0 Å². The molecule has 1 aromatic carbocycles. The van der Waals surface area contributed by atoms with E-state index in [1.807, 2.05) is 13.0 Å². The summed E-state index contributed by atoms with van der Waals surface area (Å²) in [4.78, 5) is 16.3. The van der Waals surface area contributed by atoms with Crippen molar-refractivity contribution in [3.63, 3.8) is 0 Å². The van der Waals surface area contributed by atoms with E-state index in [1.54, 1.807) is 7.05 Å². The third kappa shape index (κ3) is 4.97. The van der Waals surface area contributed by atoms with Crippen molar-refractivity contribution in [3.8, 4) is 5.75 Å². The van der Waals surface area contributed by atoms with E-state index >= 15 is 0 Å². The van der Waals surface area contributed by atoms with Crippen LogP contribution in [0.2, 0.25) is 0 Å². The van der Waals surface area contributed by atoms with Gasteiger partial charge in [0.15, 0.2) is 5.96 Å². The van der Waals surface area contributed by atoms with Crippen LogP contribution in [-0.4, -0.2) is 37.1 Å². The molecule has 1 fully saturated rings. The number of ether oxygens (including phenoxy) is 1. The van der Waals surface area contributed by atoms with Crippen molar-refractivity contribution >= 4 is 11.9 Å². The zero-order valence-corrected chi connectivity index (χ0v) is 17.4. The molecule has 2 atom stereocenters. The maximum Gasteiger partial charge on any atom is 0.221 e. The van der Waals surface area contributed by atoms with Gasteiger partial charge in [0, 0.05) is 38.0 Å². The van der Waals surface area contributed by atoms with Crippen molar-refractivity contribution in [2.24, 2.45) is 4.99 Å². The van der Waals surface area contributed by atoms with Crippen LogP contribution in [0.25, 0.3) is 0 Å². The van der Waals surface area contributed by atoms with E-state index in [1.165, 1.54) is 18.4 Å². The zero-order valence-electron chi connectivity index (χ0n) is 17.4. The maximum atomic E-state index is 12.0. The quantitative estimate of drug-likeness (QED) is 0.518. The largest absolute Gasteiger partial charge is 0.487 e. The highest BCUT2D eigenvalue weighted by Gasteiger charge is 2.43. The normalized spacial score (nSPS) is 21.5. The van der Waals surface area contributed by atoms with Gasteiger partial charge in [0.25, 0.3) is 0 Å². The Kier molecular flexibility index (Phi) is 6.81. The fraction of sp³-hybridized carbons (Fsp3) is 0.636. The summed E-state index contributed by atoms with van der Waals surface area (Å²) in [5.74, 6) is 1.78. The number of carbonyl (C=O) groups is 1. The number of rotatable bonds is 6. The fourth-order valence-corrected chi connectivity index (χ4v) is 4.18. The molecule has 2 unspecified atom stereocenters. The van der Waals surface area contributed by atoms with Crippen molar-refractivity contribution in [3.05, 3.63) is 29.8 Å². The first kappa shape index (κ1) is 20.5. The smallest absolute Gasteiger partial charge is 0.221 e. The van der Waals surface area contributed by atoms with Crippen LogP contribution in [0.3, 0.4) is 0 Å². The molecule has 1 aliphatic carbocycles. The number of nitrogens with one attached hydrogen (secondary N) is 3. The van der Waals surface area contributed by atoms with Crippen LogP contribution in [0.5, 0.6) is 5.75 Å². The number of para-hydroxylation sites is 1. The summed E-state index contributed by atoms with van der Waals surface area (Å²) < 4.78 is 6.43. The molecule has 1 aliphatic heterocycles. The lowest BCUT2D eigenvalue weighted by atomic mass is 9.86. The van der Waals surface area contributed by atoms with E-state index in [0.717, 1.165) is 37.4 Å². The standard InChI is InChI=1S/C22H34N4O2/c1-4-16(2)25-20(27)11-14-24-21(23-3)26-18-15-22(12-7-8-13-22)28-19-10-6-5-9-17(18)19/h5-6,9-10,16,18H,4,7-8,11-15H2,1-3H3,(H,25,27)(H2,23,24,26). The van der Waals surface area contributed by atoms with Crippen molar-refractivity contribution in [1.29, 1.82) is 0 Å². The van der Waals surface area contributed by atoms with E-state index in [9.17, 15) is 4.79 Å². The number of nitrogens with zero attached hydrogens (tertiary/aromatic N) is 1. The predicted octanol–water partition coefficient (Wildman–Crippen LogP) is 3.29. The Bertz CT molecular complexity index is 698. The van der Waals surface area contributed by atoms with Crippen LogP contribution in [0.4, 0.5) is 0 Å². The van der Waals surface area contributed by atoms with E-state index < -0.39 is 0 Å². The Morgan fingerprint density at radius 2 is 2.07 bits per heavy atom. The molecule has 6 nitrogen and oxygen atoms in total. The van der Waals surface area contributed by atoms with Crippen molar-refractivity contribution < 1.29 is 9.53 Å². The first-order valence-electron chi connectivity index (χ1n) is 10.6. The van der Waals surface area contributed by atoms with Crippen LogP contribution < -0.4 is 20.7 Å². The average Bonchev–Trinajstić information content (AvgIpc) is 3.14. The molecule has 1 saturated carbocycles. The molecule has 154 valence electrons. The molecular weight excluding hydrogens is 352 g/mol. The molecule has 3 N–H and O–H groups in total. The molecule has 0 bridgehead atoms. The third-order valence-electron chi connectivity index (χ3n) is 5.91. The molecule has 1 aromatic rings. The molecule has 2 aliphatic rings. The number of hydrogen-bond acceptors (Lipinski definition) is 3. The summed E-state index contributed by atoms with van der Waals surface area (Å²) in [6.07, 6.45) is 6.99. The lowest BCUT2D eigenvalue weighted by Crippen LogP contribution is -2.47. The van der Waals surface area contributed by atoms with Gasteiger partial charge in [-0.05, 0) is 45.1 Å². The summed E-state index contributed by atoms with van der Waals surface area (Å²) >= 11 is 0. The SMILES string of the molecule is CCC(C)NC(=O)CCNC(=NC)NC1CC2(CCCC2)Oc2ccccc21. The number of guanidine groups is 1. The van der Waals surface area contributed by atoms with E-state index in [0.29, 0.717) is 13.0 Å². The Labute approximate surface area is 168 Å². The van der Waals surface area contributed by atoms with Crippen LogP contribution in [0, 0.1) is 0 Å². The highest BCUT2D eigenvalue weighted by atomic mass is 16.5. The lowest BCUT2D eigenvalue weighted by Gasteiger charge is -2.40. The number of fused-ring (bicyclic) bond motifs is 1. The first-order chi connectivity index (χ1) is 13.5. The Morgan fingerprint density at radius 3 is 2.79 bits per heavy atom. The number of carbonyl (C=O) groups excluding carboxylic acids is 1. The third-order valence-corrected chi connectivity index (χ3v) is 5.91. The second-order valence-electron chi connectivity index (χ2n) is 8.06. The Hall–Kier alpha value is -2.24. The van der Waals surface area contributed by atoms with Gasteiger partial charge in [0.1, 0.15) is 11.4 Å². The van der Waals surface area contributed by atoms with Gasteiger partial charge in [-0.2, -0.15) is 0 Å². The summed E-state index contributed by atoms with van der Waals surface area (Å²) in [6.45, 7) is 4.64. The minimum atomic E-state index is -0.0545. The van der Waals surface area contributed by atoms with Crippen LogP contribution in [0.1, 0.15) is 70.4 Å². The van der Waals surface area contributed by atoms with Gasteiger partial charge in [0.2, 0.25) is 5.91 Å². The molecule has 28 heavy (non-hydrogen) atoms. The van der Waals surface area contributed by atoms with Gasteiger partial charge in [-0.3, -0.25) is 9.79 Å². The Morgan fingerprint density at radius 1 is 1.32 bits per heavy atom. The topological polar surface area (TPSA) is 74.8 Å². The predicted molar refractivity (Wildman–Crippen MR) is 113 cm³/mol. The number of hydrogen-bond donors (Lipinski definition) is 3. The van der Waals surface area contributed by atoms with Gasteiger partial charge in [0.05, 0.1) is 6.04 Å². The van der Waals surface area contributed by atoms with Crippen LogP contribution in [0.15, 0.2) is 29.3 Å². The summed E-state index contributed by atoms with van der Waals surface area (Å²) in [5, 5.41) is 9.84. The summed E-state index contributed by atoms with van der Waals surface area (Å²) in [7, 11) is 1.77. The first-order valence-corrected chi connectivity index (χ1v) is 10.6. The van der Waals surface area contributed by atoms with Gasteiger partial charge in [-0.25, -0.2) is 0 Å². The molecular formula is C22H34N4O2. The molecule has 1 amide bonds. The van der Waals surface area contributed by atoms with Crippen molar-refractivity contribution in [2.45, 2.75) is 76.5 Å². The monoisotopic (exact) mass is 386 g/mol. The molecule has 6 heteroatoms. The number of aliphatic imine (C=N–C) groups is 1. The molecule has 1 spiro atoms. The van der Waals surface area contributed by atoms with Crippen LogP contribution in [-0.2, 0) is 4.79 Å². The molecule has 3 rings (SSSR count). The minimum Gasteiger partial charge on any atom is -0.487 e. The second kappa shape index (κ2) is 9.30. The second-order valence-corrected chi connectivity index (χ2v) is 8.06. The molecule has 0 saturated heterocycles. The van der Waals surface area contributed by atoms with E-state index in [4.69, 9.17) is 4.74 Å². The average molecular weight is 387 g/mol. The lowest BCUT2D eigenvalue weighted by molar-refractivity contribution is -0.121. The van der Waals surface area contributed by atoms with Gasteiger partial charge < -0.3 is 20.7 Å². The van der Waals surface area contributed by atoms with Gasteiger partial charge in [-0.15, -0.1) is 0 Å². The highest BCUT2D eigenvalue weighted by molar-refractivity contribution is 5.81. The fourth-order valence-electron chi connectivity index (χ4n) is 4.18. The molecule has 0 radical (unpaired) electrons. The van der Waals surface area contributed by atoms with E-state index in [2.05, 4.69) is 46.1 Å². The highest BCUT2D eigenvalue weighted by Crippen LogP contribution is 2.46. The molecule has 1 heterocycles. The van der Waals surface area contributed by atoms with E-state index in [-0.39, 0.29) is 23.6 Å². The molecule has 0 aromatic heterocycles. The van der Waals surface area contributed by atoms with Crippen LogP contribution >= 0.6 is 0 Å². The minimum absolute atomic E-state index is 0.0545. The number of amides is 1. The summed E-state index contributed by atoms with van der Waals surface area (Å²) in [6, 6.07) is 8.65. The number of benzene rings is 1. The van der Waals surface area contributed by atoms with Crippen molar-refractivity contribution in [2.75, 3.05) is 13.6 Å². The Balaban J connectivity index is 1.60. The maximum absolute atomic E-state index is 12.0.